The van der Waals surface area contributed by atoms with Crippen molar-refractivity contribution in [2.24, 2.45) is 28.2 Å². The van der Waals surface area contributed by atoms with E-state index in [1.54, 1.807) is 46.5 Å². The maximum atomic E-state index is 14.5. The Bertz CT molecular complexity index is 3170. The van der Waals surface area contributed by atoms with Gasteiger partial charge in [0.25, 0.3) is 0 Å². The van der Waals surface area contributed by atoms with Gasteiger partial charge in [0.05, 0.1) is 68.0 Å². The number of rotatable bonds is 6. The molecule has 4 heterocycles. The van der Waals surface area contributed by atoms with E-state index in [2.05, 4.69) is 0 Å². The van der Waals surface area contributed by atoms with Gasteiger partial charge in [-0.05, 0) is 66.7 Å². The molecular formula is C48H36F12N4O4P2. The van der Waals surface area contributed by atoms with Gasteiger partial charge >= 0.3 is 88.2 Å². The molecule has 0 aromatic heterocycles. The Labute approximate surface area is 388 Å². The Morgan fingerprint density at radius 3 is 0.729 bits per heavy atom. The Morgan fingerprint density at radius 2 is 0.514 bits per heavy atom. The first-order valence-corrected chi connectivity index (χ1v) is 24.4. The van der Waals surface area contributed by atoms with Crippen molar-refractivity contribution in [2.75, 3.05) is 0 Å². The monoisotopic (exact) mass is 1020 g/mol. The van der Waals surface area contributed by atoms with Crippen molar-refractivity contribution in [1.82, 2.24) is 18.3 Å². The van der Waals surface area contributed by atoms with E-state index in [0.29, 0.717) is 90.2 Å². The van der Waals surface area contributed by atoms with Crippen LogP contribution in [0.5, 0.6) is 0 Å². The van der Waals surface area contributed by atoms with E-state index < -0.39 is 15.6 Å². The minimum atomic E-state index is -10.7. The van der Waals surface area contributed by atoms with E-state index in [1.165, 1.54) is 0 Å². The van der Waals surface area contributed by atoms with Gasteiger partial charge in [-0.2, -0.15) is 0 Å². The van der Waals surface area contributed by atoms with Crippen LogP contribution >= 0.6 is 15.6 Å². The summed E-state index contributed by atoms with van der Waals surface area (Å²) < 4.78 is 125. The molecule has 1 aromatic rings. The topological polar surface area (TPSA) is 88.0 Å². The predicted octanol–water partition coefficient (Wildman–Crippen LogP) is 13.7. The molecule has 0 amide bonds. The maximum absolute atomic E-state index is 14.5. The molecule has 0 saturated heterocycles. The molecule has 8 aliphatic rings. The normalized spacial score (nSPS) is 13.8. The molecule has 9 rings (SSSR count). The Kier molecular flexibility index (Phi) is 11.7. The van der Waals surface area contributed by atoms with Gasteiger partial charge in [0, 0.05) is 34.3 Å². The molecule has 8 nitrogen and oxygen atoms in total. The summed E-state index contributed by atoms with van der Waals surface area (Å²) >= 11 is 0. The second-order valence-electron chi connectivity index (χ2n) is 16.0. The Hall–Kier alpha value is -7.30. The molecule has 0 fully saturated rings. The van der Waals surface area contributed by atoms with Crippen molar-refractivity contribution in [3.8, 4) is 45.0 Å². The first-order valence-electron chi connectivity index (χ1n) is 20.4. The van der Waals surface area contributed by atoms with Crippen molar-refractivity contribution in [3.05, 3.63) is 232 Å². The van der Waals surface area contributed by atoms with Crippen molar-refractivity contribution >= 4 is 15.6 Å². The van der Waals surface area contributed by atoms with Crippen LogP contribution in [0.1, 0.15) is 33.4 Å². The molecule has 366 valence electrons. The SMILES string of the molecule is Cn1c2cccccc-2c([C+](c2cccc([C+](c3c4cccccc-4n(C)c3=O)c3c4cccccc-4n(C)c3=O)c2)c2c3cccccc-3n(C)c2=O)c1=O.F[P-](F)(F)(F)(F)F.F[P-](F)(F)(F)(F)F. The van der Waals surface area contributed by atoms with E-state index >= 15 is 0 Å². The number of hydrogen-bond donors (Lipinski definition) is 0. The van der Waals surface area contributed by atoms with Crippen molar-refractivity contribution in [3.63, 3.8) is 0 Å². The summed E-state index contributed by atoms with van der Waals surface area (Å²) in [6.07, 6.45) is 0. The van der Waals surface area contributed by atoms with Gasteiger partial charge in [0.2, 0.25) is 0 Å². The average molecular weight is 1020 g/mol. The van der Waals surface area contributed by atoms with Crippen LogP contribution in [0.3, 0.4) is 0 Å². The molecular weight excluding hydrogens is 986 g/mol. The molecule has 0 N–H and O–H groups in total. The van der Waals surface area contributed by atoms with Gasteiger partial charge < -0.3 is 0 Å². The molecule has 1 aromatic carbocycles. The second-order valence-corrected chi connectivity index (χ2v) is 19.9. The summed E-state index contributed by atoms with van der Waals surface area (Å²) in [6.45, 7) is 0. The molecule has 70 heavy (non-hydrogen) atoms. The average Bonchev–Trinajstić information content (AvgIpc) is 3.57. The van der Waals surface area contributed by atoms with Crippen LogP contribution < -0.4 is 22.2 Å². The van der Waals surface area contributed by atoms with Gasteiger partial charge in [-0.1, -0.05) is 72.8 Å². The summed E-state index contributed by atoms with van der Waals surface area (Å²) in [7, 11) is -14.4. The fourth-order valence-corrected chi connectivity index (χ4v) is 8.36. The van der Waals surface area contributed by atoms with Crippen LogP contribution in [0.15, 0.2) is 165 Å². The molecule has 0 radical (unpaired) electrons. The first kappa shape index (κ1) is 50.6. The van der Waals surface area contributed by atoms with Crippen molar-refractivity contribution in [1.29, 1.82) is 0 Å². The number of benzene rings is 1. The third-order valence-electron chi connectivity index (χ3n) is 11.1. The third kappa shape index (κ3) is 11.2. The second kappa shape index (κ2) is 16.1. The fourth-order valence-electron chi connectivity index (χ4n) is 8.36. The summed E-state index contributed by atoms with van der Waals surface area (Å²) in [5.74, 6) is 0.932. The van der Waals surface area contributed by atoms with E-state index in [-0.39, 0.29) is 22.2 Å². The van der Waals surface area contributed by atoms with E-state index in [9.17, 15) is 69.5 Å². The number of hydrogen-bond acceptors (Lipinski definition) is 4. The molecule has 22 heteroatoms. The molecule has 4 aliphatic carbocycles. The van der Waals surface area contributed by atoms with Crippen LogP contribution in [0.4, 0.5) is 50.4 Å². The molecule has 0 bridgehead atoms. The van der Waals surface area contributed by atoms with Gasteiger partial charge in [0.1, 0.15) is 22.3 Å². The predicted molar refractivity (Wildman–Crippen MR) is 248 cm³/mol. The number of halogens is 12. The van der Waals surface area contributed by atoms with Crippen LogP contribution in [0.25, 0.3) is 45.0 Å². The quantitative estimate of drug-likeness (QED) is 0.0943. The Balaban J connectivity index is 0.000000452. The summed E-state index contributed by atoms with van der Waals surface area (Å²) in [4.78, 5) is 58.2. The zero-order valence-corrected chi connectivity index (χ0v) is 38.5. The van der Waals surface area contributed by atoms with Crippen LogP contribution in [0, 0.1) is 11.8 Å². The van der Waals surface area contributed by atoms with Gasteiger partial charge in [-0.25, -0.2) is 19.2 Å². The zero-order valence-electron chi connectivity index (χ0n) is 36.7. The minimum absolute atomic E-state index is 0.251. The van der Waals surface area contributed by atoms with Crippen molar-refractivity contribution < 1.29 is 50.4 Å². The molecule has 0 saturated carbocycles. The molecule has 0 atom stereocenters. The number of nitrogens with zero attached hydrogens (tertiary/aromatic N) is 4. The Morgan fingerprint density at radius 1 is 0.314 bits per heavy atom. The zero-order chi connectivity index (χ0) is 51.6. The fraction of sp³-hybridized carbons (Fsp3) is 0.0833. The van der Waals surface area contributed by atoms with Crippen LogP contribution in [-0.4, -0.2) is 18.3 Å². The summed E-state index contributed by atoms with van der Waals surface area (Å²) in [6, 6.07) is 45.5. The summed E-state index contributed by atoms with van der Waals surface area (Å²) in [5, 5.41) is 0. The van der Waals surface area contributed by atoms with E-state index in [1.807, 2.05) is 146 Å². The molecule has 0 spiro atoms. The van der Waals surface area contributed by atoms with Crippen molar-refractivity contribution in [2.45, 2.75) is 0 Å². The number of fused-ring (bicyclic) bond motifs is 4. The third-order valence-corrected chi connectivity index (χ3v) is 11.1. The first-order chi connectivity index (χ1) is 32.1. The standard InChI is InChI=1S/C48H36N4O4.2F6P/c1-49-35-24-13-5-9-20-31(35)41(45(49)53)39(42-32-21-10-6-14-25-36(32)50(2)46(42)54)29-18-17-19-30(28-29)40(43-33-22-11-7-15-26-37(33)51(3)47(43)55)44-34-23-12-8-16-27-38(34)52(4)48(44)56;2*1-7(2,3,4,5)6/h5-28H,1-4H3;;/q+2;2*-1. The summed E-state index contributed by atoms with van der Waals surface area (Å²) in [5.41, 5.74) is 7.34. The van der Waals surface area contributed by atoms with Gasteiger partial charge in [0.15, 0.2) is 0 Å². The van der Waals surface area contributed by atoms with Gasteiger partial charge in [-0.15, -0.1) is 0 Å². The van der Waals surface area contributed by atoms with E-state index in [0.717, 1.165) is 0 Å². The van der Waals surface area contributed by atoms with E-state index in [4.69, 9.17) is 0 Å². The van der Waals surface area contributed by atoms with Crippen LogP contribution in [-0.2, 0) is 28.2 Å². The van der Waals surface area contributed by atoms with Crippen LogP contribution in [0.2, 0.25) is 0 Å². The van der Waals surface area contributed by atoms with Gasteiger partial charge in [-0.3, -0.25) is 18.3 Å². The number of aromatic nitrogens is 4. The molecule has 4 aliphatic heterocycles. The molecule has 0 unspecified atom stereocenters.